The van der Waals surface area contributed by atoms with Gasteiger partial charge in [-0.05, 0) is 77.0 Å². The molecule has 0 aliphatic carbocycles. The number of allylic oxidation sites excluding steroid dienone is 6. The minimum Gasteiger partial charge on any atom is -0.479 e. The van der Waals surface area contributed by atoms with Crippen molar-refractivity contribution in [3.63, 3.8) is 0 Å². The molecule has 0 aromatic heterocycles. The van der Waals surface area contributed by atoms with Crippen LogP contribution < -0.4 is 0 Å². The molecule has 0 bridgehead atoms. The Labute approximate surface area is 419 Å². The van der Waals surface area contributed by atoms with E-state index in [1.165, 1.54) is 89.9 Å². The zero-order valence-electron chi connectivity index (χ0n) is 43.8. The number of hydrogen-bond donors (Lipinski definition) is 3. The van der Waals surface area contributed by atoms with Crippen LogP contribution in [-0.2, 0) is 42.9 Å². The lowest BCUT2D eigenvalue weighted by Crippen LogP contribution is -2.61. The van der Waals surface area contributed by atoms with Crippen molar-refractivity contribution >= 4 is 23.9 Å². The Balaban J connectivity index is 2.69. The summed E-state index contributed by atoms with van der Waals surface area (Å²) in [7, 11) is 0. The molecular weight excluding hydrogens is 877 g/mol. The third-order valence-corrected chi connectivity index (χ3v) is 12.7. The predicted molar refractivity (Wildman–Crippen MR) is 276 cm³/mol. The summed E-state index contributed by atoms with van der Waals surface area (Å²) < 4.78 is 28.3. The summed E-state index contributed by atoms with van der Waals surface area (Å²) in [6.07, 6.45) is 39.9. The van der Waals surface area contributed by atoms with E-state index in [0.717, 1.165) is 103 Å². The normalized spacial score (nSPS) is 18.9. The van der Waals surface area contributed by atoms with Gasteiger partial charge >= 0.3 is 23.9 Å². The van der Waals surface area contributed by atoms with Crippen LogP contribution in [0.1, 0.15) is 252 Å². The average Bonchev–Trinajstić information content (AvgIpc) is 3.33. The number of aliphatic hydroxyl groups is 2. The number of aliphatic carboxylic acids is 1. The number of rotatable bonds is 47. The molecule has 0 aromatic rings. The lowest BCUT2D eigenvalue weighted by atomic mass is 9.98. The molecule has 1 aliphatic heterocycles. The molecule has 12 nitrogen and oxygen atoms in total. The second-order valence-electron chi connectivity index (χ2n) is 19.2. The third-order valence-electron chi connectivity index (χ3n) is 12.7. The van der Waals surface area contributed by atoms with Crippen molar-refractivity contribution in [2.24, 2.45) is 0 Å². The summed E-state index contributed by atoms with van der Waals surface area (Å²) in [4.78, 5) is 50.9. The molecule has 1 rings (SSSR count). The van der Waals surface area contributed by atoms with Gasteiger partial charge in [0.05, 0.1) is 6.61 Å². The Hall–Kier alpha value is -3.06. The molecule has 6 unspecified atom stereocenters. The lowest BCUT2D eigenvalue weighted by molar-refractivity contribution is -0.301. The van der Waals surface area contributed by atoms with Gasteiger partial charge < -0.3 is 39.0 Å². The van der Waals surface area contributed by atoms with E-state index in [9.17, 15) is 34.5 Å². The van der Waals surface area contributed by atoms with Crippen LogP contribution in [0.2, 0.25) is 0 Å². The van der Waals surface area contributed by atoms with Crippen molar-refractivity contribution in [2.45, 2.75) is 289 Å². The highest BCUT2D eigenvalue weighted by molar-refractivity contribution is 5.74. The highest BCUT2D eigenvalue weighted by Gasteiger charge is 2.50. The highest BCUT2D eigenvalue weighted by atomic mass is 16.7. The summed E-state index contributed by atoms with van der Waals surface area (Å²) in [5.41, 5.74) is 0. The fourth-order valence-electron chi connectivity index (χ4n) is 8.33. The molecule has 1 heterocycles. The van der Waals surface area contributed by atoms with Crippen molar-refractivity contribution in [3.05, 3.63) is 36.5 Å². The Morgan fingerprint density at radius 1 is 0.478 bits per heavy atom. The van der Waals surface area contributed by atoms with Crippen LogP contribution in [0.3, 0.4) is 0 Å². The van der Waals surface area contributed by atoms with E-state index in [0.29, 0.717) is 19.3 Å². The number of ether oxygens (including phenoxy) is 5. The summed E-state index contributed by atoms with van der Waals surface area (Å²) in [5.74, 6) is -3.13. The molecule has 0 radical (unpaired) electrons. The summed E-state index contributed by atoms with van der Waals surface area (Å²) in [6.45, 7) is 5.92. The van der Waals surface area contributed by atoms with Crippen LogP contribution in [0.15, 0.2) is 36.5 Å². The quantitative estimate of drug-likeness (QED) is 0.0228. The van der Waals surface area contributed by atoms with Gasteiger partial charge in [-0.15, -0.1) is 0 Å². The molecule has 0 amide bonds. The highest BCUT2D eigenvalue weighted by Crippen LogP contribution is 2.26. The Bertz CT molecular complexity index is 1350. The first kappa shape index (κ1) is 64.0. The molecule has 1 fully saturated rings. The molecule has 0 aromatic carbocycles. The topological polar surface area (TPSA) is 175 Å². The van der Waals surface area contributed by atoms with Crippen molar-refractivity contribution in [1.82, 2.24) is 0 Å². The smallest absolute Gasteiger partial charge is 0.335 e. The molecule has 1 aliphatic rings. The van der Waals surface area contributed by atoms with Crippen LogP contribution in [-0.4, -0.2) is 89.2 Å². The van der Waals surface area contributed by atoms with Gasteiger partial charge in [0.15, 0.2) is 24.6 Å². The summed E-state index contributed by atoms with van der Waals surface area (Å²) in [5, 5.41) is 31.4. The standard InChI is InChI=1S/C57H100O12/c1-4-7-10-13-16-19-21-23-25-27-29-32-34-37-40-43-49(58)65-46-48(67-50(59)44-41-38-35-31-18-15-12-9-6-3)47-66-57-55(53(62)52(61)54(69-57)56(63)64)68-51(60)45-42-39-36-33-30-28-26-24-22-20-17-14-11-8-5-2/h16,19,23-26,48,52-55,57,61-62H,4-15,17-18,20-22,27-47H2,1-3H3,(H,63,64)/b19-16-,25-23-,26-24-. The lowest BCUT2D eigenvalue weighted by Gasteiger charge is -2.40. The maximum atomic E-state index is 13.0. The van der Waals surface area contributed by atoms with E-state index in [1.807, 2.05) is 0 Å². The van der Waals surface area contributed by atoms with E-state index >= 15 is 0 Å². The van der Waals surface area contributed by atoms with E-state index in [4.69, 9.17) is 23.7 Å². The van der Waals surface area contributed by atoms with E-state index in [2.05, 4.69) is 57.2 Å². The van der Waals surface area contributed by atoms with Crippen LogP contribution in [0.25, 0.3) is 0 Å². The van der Waals surface area contributed by atoms with Gasteiger partial charge in [-0.2, -0.15) is 0 Å². The number of unbranched alkanes of at least 4 members (excludes halogenated alkanes) is 27. The van der Waals surface area contributed by atoms with E-state index in [1.54, 1.807) is 0 Å². The van der Waals surface area contributed by atoms with Gasteiger partial charge in [0.2, 0.25) is 0 Å². The molecule has 3 N–H and O–H groups in total. The summed E-state index contributed by atoms with van der Waals surface area (Å²) in [6, 6.07) is 0. The Kier molecular flexibility index (Phi) is 42.7. The van der Waals surface area contributed by atoms with Crippen LogP contribution in [0.4, 0.5) is 0 Å². The van der Waals surface area contributed by atoms with Gasteiger partial charge in [0.25, 0.3) is 0 Å². The zero-order valence-corrected chi connectivity index (χ0v) is 43.8. The molecule has 1 saturated heterocycles. The van der Waals surface area contributed by atoms with Crippen LogP contribution in [0, 0.1) is 0 Å². The molecule has 400 valence electrons. The van der Waals surface area contributed by atoms with Crippen molar-refractivity contribution in [2.75, 3.05) is 13.2 Å². The first-order valence-corrected chi connectivity index (χ1v) is 28.0. The van der Waals surface area contributed by atoms with Gasteiger partial charge in [0, 0.05) is 19.3 Å². The van der Waals surface area contributed by atoms with Crippen molar-refractivity contribution in [3.8, 4) is 0 Å². The number of carbonyl (C=O) groups excluding carboxylic acids is 3. The maximum absolute atomic E-state index is 13.0. The first-order chi connectivity index (χ1) is 33.6. The van der Waals surface area contributed by atoms with Gasteiger partial charge in [-0.1, -0.05) is 192 Å². The van der Waals surface area contributed by atoms with Gasteiger partial charge in [0.1, 0.15) is 18.8 Å². The second kappa shape index (κ2) is 46.0. The molecule has 0 saturated carbocycles. The fourth-order valence-corrected chi connectivity index (χ4v) is 8.33. The SMILES string of the molecule is CCCCC/C=C\C/C=C\CCCCCCCC(=O)OCC(COC1OC(C(=O)O)C(O)C(O)C1OC(=O)CCCCCCC/C=C\CCCCCCCC)OC(=O)CCCCCCCCCCC. The van der Waals surface area contributed by atoms with Crippen molar-refractivity contribution < 1.29 is 58.2 Å². The number of carbonyl (C=O) groups is 4. The molecule has 6 atom stereocenters. The number of carboxylic acid groups (broad SMARTS) is 1. The average molecular weight is 977 g/mol. The minimum absolute atomic E-state index is 0.0519. The molecule has 12 heteroatoms. The van der Waals surface area contributed by atoms with Crippen molar-refractivity contribution in [1.29, 1.82) is 0 Å². The van der Waals surface area contributed by atoms with Gasteiger partial charge in [-0.3, -0.25) is 14.4 Å². The monoisotopic (exact) mass is 977 g/mol. The number of carboxylic acids is 1. The second-order valence-corrected chi connectivity index (χ2v) is 19.2. The molecular formula is C57H100O12. The zero-order chi connectivity index (χ0) is 50.4. The fraction of sp³-hybridized carbons (Fsp3) is 0.825. The van der Waals surface area contributed by atoms with Gasteiger partial charge in [-0.25, -0.2) is 4.79 Å². The Morgan fingerprint density at radius 3 is 1.35 bits per heavy atom. The first-order valence-electron chi connectivity index (χ1n) is 28.0. The number of esters is 3. The largest absolute Gasteiger partial charge is 0.479 e. The predicted octanol–water partition coefficient (Wildman–Crippen LogP) is 13.7. The maximum Gasteiger partial charge on any atom is 0.335 e. The Morgan fingerprint density at radius 2 is 0.870 bits per heavy atom. The van der Waals surface area contributed by atoms with E-state index < -0.39 is 67.3 Å². The van der Waals surface area contributed by atoms with Crippen LogP contribution in [0.5, 0.6) is 0 Å². The minimum atomic E-state index is -1.90. The molecule has 0 spiro atoms. The summed E-state index contributed by atoms with van der Waals surface area (Å²) >= 11 is 0. The molecule has 69 heavy (non-hydrogen) atoms. The van der Waals surface area contributed by atoms with Crippen LogP contribution >= 0.6 is 0 Å². The number of hydrogen-bond acceptors (Lipinski definition) is 11. The van der Waals surface area contributed by atoms with E-state index in [-0.39, 0.29) is 25.9 Å². The third kappa shape index (κ3) is 36.5. The number of aliphatic hydroxyl groups excluding tert-OH is 2.